The van der Waals surface area contributed by atoms with Crippen LogP contribution in [0.15, 0.2) is 35.0 Å². The van der Waals surface area contributed by atoms with Crippen LogP contribution in [-0.4, -0.2) is 22.9 Å². The summed E-state index contributed by atoms with van der Waals surface area (Å²) in [5.41, 5.74) is 2.34. The molecule has 3 aromatic rings. The predicted octanol–water partition coefficient (Wildman–Crippen LogP) is 3.39. The van der Waals surface area contributed by atoms with E-state index in [2.05, 4.69) is 4.98 Å². The fourth-order valence-electron chi connectivity index (χ4n) is 2.35. The van der Waals surface area contributed by atoms with E-state index in [4.69, 9.17) is 9.47 Å². The zero-order chi connectivity index (χ0) is 14.4. The molecule has 2 aromatic heterocycles. The standard InChI is InChI=1S/C15H9NO4S/c17-15(18)10-3-11(8-1-2-21-6-8)16-12-5-14-13(4-9(10)12)19-7-20-14/h1-6H,7H2,(H,17,18). The van der Waals surface area contributed by atoms with Gasteiger partial charge in [0, 0.05) is 22.4 Å². The minimum absolute atomic E-state index is 0.144. The molecule has 0 saturated carbocycles. The van der Waals surface area contributed by atoms with Crippen LogP contribution >= 0.6 is 11.3 Å². The number of thiophene rings is 1. The Bertz CT molecular complexity index is 858. The van der Waals surface area contributed by atoms with E-state index in [1.54, 1.807) is 29.5 Å². The minimum atomic E-state index is -0.988. The monoisotopic (exact) mass is 299 g/mol. The van der Waals surface area contributed by atoms with Crippen molar-refractivity contribution in [2.24, 2.45) is 0 Å². The Morgan fingerprint density at radius 3 is 2.76 bits per heavy atom. The van der Waals surface area contributed by atoms with Gasteiger partial charge >= 0.3 is 5.97 Å². The summed E-state index contributed by atoms with van der Waals surface area (Å²) >= 11 is 1.54. The number of fused-ring (bicyclic) bond motifs is 2. The molecule has 21 heavy (non-hydrogen) atoms. The highest BCUT2D eigenvalue weighted by molar-refractivity contribution is 7.08. The largest absolute Gasteiger partial charge is 0.478 e. The fourth-order valence-corrected chi connectivity index (χ4v) is 3.00. The van der Waals surface area contributed by atoms with E-state index in [1.807, 2.05) is 16.8 Å². The molecule has 3 heterocycles. The normalized spacial score (nSPS) is 12.8. The number of aromatic nitrogens is 1. The molecule has 0 bridgehead atoms. The van der Waals surface area contributed by atoms with Crippen LogP contribution in [0.1, 0.15) is 10.4 Å². The second-order valence-corrected chi connectivity index (χ2v) is 5.37. The molecule has 0 aliphatic carbocycles. The summed E-state index contributed by atoms with van der Waals surface area (Å²) in [7, 11) is 0. The molecule has 0 spiro atoms. The van der Waals surface area contributed by atoms with Crippen LogP contribution in [0.3, 0.4) is 0 Å². The molecule has 0 amide bonds. The summed E-state index contributed by atoms with van der Waals surface area (Å²) in [6.45, 7) is 0.144. The quantitative estimate of drug-likeness (QED) is 0.785. The average molecular weight is 299 g/mol. The number of carboxylic acids is 1. The Morgan fingerprint density at radius 1 is 1.24 bits per heavy atom. The SMILES string of the molecule is O=C(O)c1cc(-c2ccsc2)nc2cc3c(cc12)OCO3. The molecule has 0 radical (unpaired) electrons. The van der Waals surface area contributed by atoms with Crippen LogP contribution in [0, 0.1) is 0 Å². The van der Waals surface area contributed by atoms with E-state index < -0.39 is 5.97 Å². The Balaban J connectivity index is 2.03. The summed E-state index contributed by atoms with van der Waals surface area (Å²) in [6.07, 6.45) is 0. The van der Waals surface area contributed by atoms with Crippen molar-refractivity contribution in [2.75, 3.05) is 6.79 Å². The van der Waals surface area contributed by atoms with E-state index in [0.29, 0.717) is 28.1 Å². The first kappa shape index (κ1) is 12.2. The number of pyridine rings is 1. The maximum absolute atomic E-state index is 11.5. The van der Waals surface area contributed by atoms with Gasteiger partial charge in [-0.1, -0.05) is 0 Å². The van der Waals surface area contributed by atoms with Crippen molar-refractivity contribution in [1.29, 1.82) is 0 Å². The van der Waals surface area contributed by atoms with Gasteiger partial charge in [0.25, 0.3) is 0 Å². The van der Waals surface area contributed by atoms with Gasteiger partial charge in [-0.15, -0.1) is 0 Å². The van der Waals surface area contributed by atoms with E-state index in [0.717, 1.165) is 5.56 Å². The molecule has 0 unspecified atom stereocenters. The lowest BCUT2D eigenvalue weighted by Gasteiger charge is -2.07. The summed E-state index contributed by atoms with van der Waals surface area (Å²) < 4.78 is 10.6. The van der Waals surface area contributed by atoms with Gasteiger partial charge in [0.05, 0.1) is 16.8 Å². The third kappa shape index (κ3) is 1.92. The third-order valence-corrected chi connectivity index (χ3v) is 4.03. The van der Waals surface area contributed by atoms with Gasteiger partial charge in [-0.05, 0) is 23.6 Å². The van der Waals surface area contributed by atoms with Gasteiger partial charge in [-0.2, -0.15) is 11.3 Å². The lowest BCUT2D eigenvalue weighted by molar-refractivity contribution is 0.0699. The first-order valence-corrected chi connectivity index (χ1v) is 7.17. The van der Waals surface area contributed by atoms with Crippen LogP contribution in [0.25, 0.3) is 22.2 Å². The smallest absolute Gasteiger partial charge is 0.336 e. The lowest BCUT2D eigenvalue weighted by Crippen LogP contribution is -2.00. The van der Waals surface area contributed by atoms with Crippen LogP contribution < -0.4 is 9.47 Å². The van der Waals surface area contributed by atoms with Gasteiger partial charge in [0.15, 0.2) is 11.5 Å². The number of carbonyl (C=O) groups is 1. The molecule has 104 valence electrons. The van der Waals surface area contributed by atoms with Crippen LogP contribution in [-0.2, 0) is 0 Å². The van der Waals surface area contributed by atoms with Gasteiger partial charge in [-0.25, -0.2) is 9.78 Å². The topological polar surface area (TPSA) is 68.7 Å². The fraction of sp³-hybridized carbons (Fsp3) is 0.0667. The van der Waals surface area contributed by atoms with Gasteiger partial charge in [0.1, 0.15) is 0 Å². The highest BCUT2D eigenvalue weighted by Gasteiger charge is 2.19. The van der Waals surface area contributed by atoms with E-state index in [1.165, 1.54) is 0 Å². The maximum Gasteiger partial charge on any atom is 0.336 e. The van der Waals surface area contributed by atoms with Crippen molar-refractivity contribution in [3.8, 4) is 22.8 Å². The molecule has 1 aliphatic heterocycles. The Hall–Kier alpha value is -2.60. The van der Waals surface area contributed by atoms with Crippen molar-refractivity contribution >= 4 is 28.2 Å². The average Bonchev–Trinajstić information content (AvgIpc) is 3.14. The number of hydrogen-bond donors (Lipinski definition) is 1. The van der Waals surface area contributed by atoms with Crippen LogP contribution in [0.4, 0.5) is 0 Å². The maximum atomic E-state index is 11.5. The predicted molar refractivity (Wildman–Crippen MR) is 78.1 cm³/mol. The molecule has 1 N–H and O–H groups in total. The van der Waals surface area contributed by atoms with Gasteiger partial charge < -0.3 is 14.6 Å². The van der Waals surface area contributed by atoms with E-state index in [-0.39, 0.29) is 12.4 Å². The molecule has 0 fully saturated rings. The van der Waals surface area contributed by atoms with E-state index >= 15 is 0 Å². The minimum Gasteiger partial charge on any atom is -0.478 e. The number of ether oxygens (including phenoxy) is 2. The zero-order valence-corrected chi connectivity index (χ0v) is 11.5. The molecule has 1 aromatic carbocycles. The summed E-state index contributed by atoms with van der Waals surface area (Å²) in [4.78, 5) is 16.1. The Morgan fingerprint density at radius 2 is 2.05 bits per heavy atom. The van der Waals surface area contributed by atoms with Crippen molar-refractivity contribution in [2.45, 2.75) is 0 Å². The molecule has 0 saturated heterocycles. The number of benzene rings is 1. The first-order valence-electron chi connectivity index (χ1n) is 6.22. The number of carboxylic acid groups (broad SMARTS) is 1. The van der Waals surface area contributed by atoms with Crippen molar-refractivity contribution in [3.63, 3.8) is 0 Å². The summed E-state index contributed by atoms with van der Waals surface area (Å²) in [5.74, 6) is 0.154. The number of nitrogens with zero attached hydrogens (tertiary/aromatic N) is 1. The highest BCUT2D eigenvalue weighted by Crippen LogP contribution is 2.37. The molecule has 4 rings (SSSR count). The highest BCUT2D eigenvalue weighted by atomic mass is 32.1. The van der Waals surface area contributed by atoms with Crippen molar-refractivity contribution in [1.82, 2.24) is 4.98 Å². The Kier molecular flexibility index (Phi) is 2.58. The molecule has 5 nitrogen and oxygen atoms in total. The first-order chi connectivity index (χ1) is 10.2. The second kappa shape index (κ2) is 4.46. The zero-order valence-electron chi connectivity index (χ0n) is 10.7. The Labute approximate surface area is 123 Å². The number of aromatic carboxylic acids is 1. The van der Waals surface area contributed by atoms with Gasteiger partial charge in [-0.3, -0.25) is 0 Å². The molecular formula is C15H9NO4S. The second-order valence-electron chi connectivity index (χ2n) is 4.59. The molecular weight excluding hydrogens is 290 g/mol. The van der Waals surface area contributed by atoms with Crippen LogP contribution in [0.2, 0.25) is 0 Å². The van der Waals surface area contributed by atoms with Crippen molar-refractivity contribution in [3.05, 3.63) is 40.6 Å². The number of rotatable bonds is 2. The molecule has 0 atom stereocenters. The summed E-state index contributed by atoms with van der Waals surface area (Å²) in [6, 6.07) is 6.90. The molecule has 1 aliphatic rings. The van der Waals surface area contributed by atoms with E-state index in [9.17, 15) is 9.90 Å². The molecule has 6 heteroatoms. The van der Waals surface area contributed by atoms with Crippen LogP contribution in [0.5, 0.6) is 11.5 Å². The van der Waals surface area contributed by atoms with Gasteiger partial charge in [0.2, 0.25) is 6.79 Å². The lowest BCUT2D eigenvalue weighted by atomic mass is 10.0. The number of hydrogen-bond acceptors (Lipinski definition) is 5. The van der Waals surface area contributed by atoms with Crippen molar-refractivity contribution < 1.29 is 19.4 Å². The summed E-state index contributed by atoms with van der Waals surface area (Å²) in [5, 5.41) is 13.9. The third-order valence-electron chi connectivity index (χ3n) is 3.35.